The summed E-state index contributed by atoms with van der Waals surface area (Å²) in [5.41, 5.74) is 3.32. The molecule has 0 saturated heterocycles. The lowest BCUT2D eigenvalue weighted by atomic mass is 10.1. The molecule has 17 nitrogen and oxygen atoms in total. The van der Waals surface area contributed by atoms with Crippen molar-refractivity contribution in [1.82, 2.24) is 59.8 Å². The molecule has 0 spiro atoms. The Bertz CT molecular complexity index is 2280. The molecule has 7 aromatic rings. The summed E-state index contributed by atoms with van der Waals surface area (Å²) in [7, 11) is 4.95. The third kappa shape index (κ3) is 18.5. The highest BCUT2D eigenvalue weighted by Crippen LogP contribution is 2.21. The zero-order valence-corrected chi connectivity index (χ0v) is 39.5. The largest absolute Gasteiger partial charge is 0.497 e. The number of hydrogen-bond donors (Lipinski definition) is 1. The lowest BCUT2D eigenvalue weighted by molar-refractivity contribution is 0.414. The zero-order chi connectivity index (χ0) is 45.9. The van der Waals surface area contributed by atoms with E-state index in [0.29, 0.717) is 49.0 Å². The molecular formula is C39H37Cl7N14O3. The summed E-state index contributed by atoms with van der Waals surface area (Å²) in [6, 6.07) is 23.6. The van der Waals surface area contributed by atoms with Crippen LogP contribution in [-0.4, -0.2) is 81.1 Å². The van der Waals surface area contributed by atoms with Gasteiger partial charge in [-0.1, -0.05) is 36.4 Å². The highest BCUT2D eigenvalue weighted by molar-refractivity contribution is 6.33. The molecule has 4 aromatic heterocycles. The van der Waals surface area contributed by atoms with Crippen molar-refractivity contribution >= 4 is 93.1 Å². The van der Waals surface area contributed by atoms with Crippen molar-refractivity contribution < 1.29 is 14.2 Å². The summed E-state index contributed by atoms with van der Waals surface area (Å²) in [5, 5.41) is 3.74. The van der Waals surface area contributed by atoms with Gasteiger partial charge in [0.1, 0.15) is 34.7 Å². The first-order chi connectivity index (χ1) is 30.1. The predicted octanol–water partition coefficient (Wildman–Crippen LogP) is 9.83. The van der Waals surface area contributed by atoms with Crippen LogP contribution in [0.5, 0.6) is 17.2 Å². The van der Waals surface area contributed by atoms with Crippen molar-refractivity contribution in [3.8, 4) is 17.2 Å². The lowest BCUT2D eigenvalue weighted by Crippen LogP contribution is -2.25. The van der Waals surface area contributed by atoms with Crippen LogP contribution in [0.2, 0.25) is 37.0 Å². The number of benzene rings is 3. The van der Waals surface area contributed by atoms with Gasteiger partial charge in [0.05, 0.1) is 21.3 Å². The van der Waals surface area contributed by atoms with E-state index < -0.39 is 0 Å². The summed E-state index contributed by atoms with van der Waals surface area (Å²) < 4.78 is 15.6. The molecule has 63 heavy (non-hydrogen) atoms. The predicted molar refractivity (Wildman–Crippen MR) is 245 cm³/mol. The number of ether oxygens (including phenoxy) is 3. The van der Waals surface area contributed by atoms with Crippen LogP contribution in [0.1, 0.15) is 34.2 Å². The highest BCUT2D eigenvalue weighted by atomic mass is 35.5. The van der Waals surface area contributed by atoms with Crippen molar-refractivity contribution in [2.45, 2.75) is 40.4 Å². The summed E-state index contributed by atoms with van der Waals surface area (Å²) >= 11 is 38.6. The number of hydrogen-bond acceptors (Lipinski definition) is 17. The van der Waals surface area contributed by atoms with Gasteiger partial charge in [-0.05, 0) is 155 Å². The van der Waals surface area contributed by atoms with Crippen LogP contribution in [-0.2, 0) is 19.6 Å². The molecule has 0 saturated carbocycles. The molecule has 0 bridgehead atoms. The van der Waals surface area contributed by atoms with Crippen molar-refractivity contribution in [3.63, 3.8) is 0 Å². The number of nitrogens with zero attached hydrogens (tertiary/aromatic N) is 13. The van der Waals surface area contributed by atoms with Gasteiger partial charge in [-0.2, -0.15) is 39.9 Å². The van der Waals surface area contributed by atoms with Gasteiger partial charge in [0.2, 0.25) is 48.9 Å². The number of methoxy groups -OCH3 is 3. The molecule has 330 valence electrons. The first kappa shape index (κ1) is 50.4. The van der Waals surface area contributed by atoms with Gasteiger partial charge in [-0.25, -0.2) is 19.9 Å². The van der Waals surface area contributed by atoms with Crippen LogP contribution >= 0.6 is 81.2 Å². The standard InChI is InChI=1S/C20H21ClN4O2.C12H13ClN4O.C4H3Cl2N3.C3Cl3N3/c1-14-22-19(21)24-20(23-14)25(12-15-4-8-17(26-2)9-5-15)13-16-6-10-18(27-3)11-7-16;1-8-15-11(13)17-12(16-8)14-7-9-3-5-10(18-2)6-4-9;1-2-7-3(5)9-4(6)8-2;4-1-7-2(5)9-3(6)8-1/h4-11H,12-13H2,1-3H3;3-6H,7H2,1-2H3,(H,14,15,16,17);1H3;. The van der Waals surface area contributed by atoms with E-state index in [1.54, 1.807) is 42.1 Å². The molecule has 0 aliphatic heterocycles. The minimum atomic E-state index is 0.000000000000000444. The quantitative estimate of drug-likeness (QED) is 0.128. The van der Waals surface area contributed by atoms with Gasteiger partial charge in [0, 0.05) is 19.6 Å². The molecule has 0 aliphatic rings. The third-order valence-electron chi connectivity index (χ3n) is 7.63. The van der Waals surface area contributed by atoms with E-state index in [4.69, 9.17) is 95.4 Å². The van der Waals surface area contributed by atoms with Gasteiger partial charge in [-0.3, -0.25) is 0 Å². The lowest BCUT2D eigenvalue weighted by Gasteiger charge is -2.23. The van der Waals surface area contributed by atoms with Gasteiger partial charge in [0.15, 0.2) is 0 Å². The Morgan fingerprint density at radius 1 is 0.397 bits per heavy atom. The molecule has 0 aliphatic carbocycles. The number of nitrogens with one attached hydrogen (secondary N) is 1. The minimum Gasteiger partial charge on any atom is -0.497 e. The fraction of sp³-hybridized carbons (Fsp3) is 0.231. The van der Waals surface area contributed by atoms with E-state index >= 15 is 0 Å². The molecular weight excluding hydrogens is 961 g/mol. The Morgan fingerprint density at radius 2 is 0.714 bits per heavy atom. The molecule has 0 unspecified atom stereocenters. The average Bonchev–Trinajstić information content (AvgIpc) is 3.22. The average molecular weight is 998 g/mol. The van der Waals surface area contributed by atoms with Gasteiger partial charge in [0.25, 0.3) is 0 Å². The second-order valence-corrected chi connectivity index (χ2v) is 14.6. The summed E-state index contributed by atoms with van der Waals surface area (Å²) in [5.74, 6) is 5.19. The molecule has 7 rings (SSSR count). The Labute approximate surface area is 397 Å². The molecule has 0 amide bonds. The molecule has 0 atom stereocenters. The van der Waals surface area contributed by atoms with Crippen LogP contribution in [0, 0.1) is 20.8 Å². The number of aryl methyl sites for hydroxylation is 3. The van der Waals surface area contributed by atoms with Crippen LogP contribution in [0.3, 0.4) is 0 Å². The van der Waals surface area contributed by atoms with Crippen LogP contribution in [0.4, 0.5) is 11.9 Å². The maximum Gasteiger partial charge on any atom is 0.230 e. The third-order valence-corrected chi connectivity index (χ3v) is 8.81. The van der Waals surface area contributed by atoms with Gasteiger partial charge < -0.3 is 24.4 Å². The SMILES string of the molecule is COc1ccc(CN(Cc2ccc(OC)cc2)c2nc(C)nc(Cl)n2)cc1.COc1ccc(CNc2nc(C)nc(Cl)n2)cc1.Cc1nc(Cl)nc(Cl)n1.Clc1nc(Cl)nc(Cl)n1. The monoisotopic (exact) mass is 994 g/mol. The van der Waals surface area contributed by atoms with E-state index in [2.05, 4.69) is 70.0 Å². The van der Waals surface area contributed by atoms with E-state index in [0.717, 1.165) is 33.9 Å². The number of rotatable bonds is 11. The van der Waals surface area contributed by atoms with E-state index in [9.17, 15) is 0 Å². The van der Waals surface area contributed by atoms with E-state index in [1.807, 2.05) is 72.8 Å². The second-order valence-electron chi connectivity index (χ2n) is 12.2. The number of aromatic nitrogens is 12. The Kier molecular flexibility index (Phi) is 20.6. The van der Waals surface area contributed by atoms with Gasteiger partial charge in [-0.15, -0.1) is 0 Å². The first-order valence-corrected chi connectivity index (χ1v) is 20.7. The highest BCUT2D eigenvalue weighted by Gasteiger charge is 2.14. The van der Waals surface area contributed by atoms with Crippen molar-refractivity contribution in [1.29, 1.82) is 0 Å². The molecule has 0 radical (unpaired) electrons. The Balaban J connectivity index is 0.000000206. The van der Waals surface area contributed by atoms with Crippen molar-refractivity contribution in [2.24, 2.45) is 0 Å². The van der Waals surface area contributed by atoms with E-state index in [1.165, 1.54) is 0 Å². The molecule has 24 heteroatoms. The van der Waals surface area contributed by atoms with Crippen molar-refractivity contribution in [2.75, 3.05) is 31.5 Å². The Hall–Kier alpha value is -5.27. The smallest absolute Gasteiger partial charge is 0.230 e. The van der Waals surface area contributed by atoms with Gasteiger partial charge >= 0.3 is 0 Å². The van der Waals surface area contributed by atoms with Crippen molar-refractivity contribution in [3.05, 3.63) is 144 Å². The molecule has 0 fully saturated rings. The number of halogens is 7. The van der Waals surface area contributed by atoms with Crippen LogP contribution in [0.25, 0.3) is 0 Å². The first-order valence-electron chi connectivity index (χ1n) is 18.0. The summed E-state index contributed by atoms with van der Waals surface area (Å²) in [6.45, 7) is 7.12. The molecule has 1 N–H and O–H groups in total. The summed E-state index contributed by atoms with van der Waals surface area (Å²) in [6.07, 6.45) is 0. The fourth-order valence-electron chi connectivity index (χ4n) is 4.85. The molecule has 3 aromatic carbocycles. The maximum atomic E-state index is 6.06. The van der Waals surface area contributed by atoms with Crippen LogP contribution in [0.15, 0.2) is 72.8 Å². The Morgan fingerprint density at radius 3 is 1.06 bits per heavy atom. The van der Waals surface area contributed by atoms with E-state index in [-0.39, 0.29) is 37.0 Å². The zero-order valence-electron chi connectivity index (χ0n) is 34.2. The topological polar surface area (TPSA) is 198 Å². The second kappa shape index (κ2) is 25.7. The summed E-state index contributed by atoms with van der Waals surface area (Å²) in [4.78, 5) is 48.2. The minimum absolute atomic E-state index is 0.000000000000000444. The number of anilines is 2. The molecule has 4 heterocycles. The van der Waals surface area contributed by atoms with Crippen LogP contribution < -0.4 is 24.4 Å². The maximum absolute atomic E-state index is 6.06. The fourth-order valence-corrected chi connectivity index (χ4v) is 6.31. The normalized spacial score (nSPS) is 10.2.